The zero-order valence-corrected chi connectivity index (χ0v) is 7.40. The number of hydrogen-bond donors (Lipinski definition) is 0. The van der Waals surface area contributed by atoms with Crippen molar-refractivity contribution in [2.75, 3.05) is 7.11 Å². The van der Waals surface area contributed by atoms with Crippen molar-refractivity contribution in [1.29, 1.82) is 0 Å². The Morgan fingerprint density at radius 1 is 1.73 bits per heavy atom. The van der Waals surface area contributed by atoms with E-state index in [2.05, 4.69) is 0 Å². The van der Waals surface area contributed by atoms with Gasteiger partial charge in [0.15, 0.2) is 5.78 Å². The van der Waals surface area contributed by atoms with Crippen molar-refractivity contribution in [3.05, 3.63) is 16.3 Å². The predicted molar refractivity (Wildman–Crippen MR) is 45.5 cm³/mol. The molecular weight excluding hydrogens is 160 g/mol. The quantitative estimate of drug-likeness (QED) is 0.651. The third-order valence-electron chi connectivity index (χ3n) is 1.41. The monoisotopic (exact) mass is 170 g/mol. The van der Waals surface area contributed by atoms with E-state index in [1.807, 2.05) is 12.3 Å². The van der Waals surface area contributed by atoms with Gasteiger partial charge in [-0.25, -0.2) is 0 Å². The number of methoxy groups -OCH3 is 1. The van der Waals surface area contributed by atoms with Crippen LogP contribution in [0.4, 0.5) is 0 Å². The highest BCUT2D eigenvalue weighted by Gasteiger charge is 2.05. The average Bonchev–Trinajstić information content (AvgIpc) is 2.50. The topological polar surface area (TPSA) is 26.3 Å². The molecule has 0 amide bonds. The summed E-state index contributed by atoms with van der Waals surface area (Å²) in [4.78, 5) is 11.9. The smallest absolute Gasteiger partial charge is 0.172 e. The molecule has 1 heterocycles. The summed E-state index contributed by atoms with van der Waals surface area (Å²) < 4.78 is 4.95. The highest BCUT2D eigenvalue weighted by Crippen LogP contribution is 2.21. The number of carbonyl (C=O) groups excluding carboxylic acids is 1. The van der Waals surface area contributed by atoms with Gasteiger partial charge in [0.1, 0.15) is 5.75 Å². The van der Waals surface area contributed by atoms with Crippen LogP contribution in [0.15, 0.2) is 11.4 Å². The third kappa shape index (κ3) is 1.80. The first-order chi connectivity index (χ1) is 5.27. The summed E-state index contributed by atoms with van der Waals surface area (Å²) in [5, 5.41) is 1.84. The molecule has 0 spiro atoms. The molecule has 0 aliphatic carbocycles. The first-order valence-corrected chi connectivity index (χ1v) is 4.31. The molecule has 1 aromatic rings. The van der Waals surface area contributed by atoms with Gasteiger partial charge >= 0.3 is 0 Å². The van der Waals surface area contributed by atoms with Crippen LogP contribution in [0.5, 0.6) is 5.75 Å². The molecule has 11 heavy (non-hydrogen) atoms. The Kier molecular flexibility index (Phi) is 2.65. The maximum Gasteiger partial charge on any atom is 0.172 e. The molecule has 1 aromatic heterocycles. The van der Waals surface area contributed by atoms with E-state index >= 15 is 0 Å². The number of ether oxygens (including phenoxy) is 1. The molecule has 1 rings (SSSR count). The zero-order valence-electron chi connectivity index (χ0n) is 6.59. The molecule has 0 aromatic carbocycles. The van der Waals surface area contributed by atoms with Crippen LogP contribution in [-0.4, -0.2) is 12.9 Å². The van der Waals surface area contributed by atoms with Crippen molar-refractivity contribution in [2.24, 2.45) is 0 Å². The van der Waals surface area contributed by atoms with Gasteiger partial charge < -0.3 is 4.74 Å². The molecule has 0 N–H and O–H groups in total. The standard InChI is InChI=1S/C8H10O2S/c1-3-7(9)8-4-6(10-2)5-11-8/h4-5H,3H2,1-2H3. The Morgan fingerprint density at radius 2 is 2.45 bits per heavy atom. The number of thiophene rings is 1. The normalized spacial score (nSPS) is 9.64. The van der Waals surface area contributed by atoms with Crippen molar-refractivity contribution >= 4 is 17.1 Å². The predicted octanol–water partition coefficient (Wildman–Crippen LogP) is 2.35. The number of rotatable bonds is 3. The van der Waals surface area contributed by atoms with Crippen LogP contribution in [0.25, 0.3) is 0 Å². The molecule has 0 radical (unpaired) electrons. The average molecular weight is 170 g/mol. The van der Waals surface area contributed by atoms with Crippen molar-refractivity contribution in [1.82, 2.24) is 0 Å². The van der Waals surface area contributed by atoms with Crippen molar-refractivity contribution in [2.45, 2.75) is 13.3 Å². The summed E-state index contributed by atoms with van der Waals surface area (Å²) in [5.74, 6) is 0.949. The van der Waals surface area contributed by atoms with Crippen molar-refractivity contribution < 1.29 is 9.53 Å². The lowest BCUT2D eigenvalue weighted by Gasteiger charge is -1.90. The van der Waals surface area contributed by atoms with E-state index in [1.165, 1.54) is 11.3 Å². The molecule has 0 unspecified atom stereocenters. The lowest BCUT2D eigenvalue weighted by atomic mass is 10.2. The lowest BCUT2D eigenvalue weighted by Crippen LogP contribution is -1.90. The molecule has 0 aliphatic heterocycles. The number of carbonyl (C=O) groups is 1. The third-order valence-corrected chi connectivity index (χ3v) is 2.36. The van der Waals surface area contributed by atoms with Crippen LogP contribution in [0.2, 0.25) is 0 Å². The Bertz CT molecular complexity index is 252. The van der Waals surface area contributed by atoms with Crippen LogP contribution in [-0.2, 0) is 0 Å². The highest BCUT2D eigenvalue weighted by molar-refractivity contribution is 7.12. The van der Waals surface area contributed by atoms with E-state index in [-0.39, 0.29) is 5.78 Å². The van der Waals surface area contributed by atoms with Crippen molar-refractivity contribution in [3.8, 4) is 5.75 Å². The first kappa shape index (κ1) is 8.27. The molecule has 0 saturated carbocycles. The van der Waals surface area contributed by atoms with Crippen LogP contribution in [0, 0.1) is 0 Å². The van der Waals surface area contributed by atoms with Gasteiger partial charge in [-0.3, -0.25) is 4.79 Å². The van der Waals surface area contributed by atoms with Gasteiger partial charge in [0.2, 0.25) is 0 Å². The molecule has 2 nitrogen and oxygen atoms in total. The number of Topliss-reactive ketones (excluding diaryl/α,β-unsaturated/α-hetero) is 1. The fraction of sp³-hybridized carbons (Fsp3) is 0.375. The minimum Gasteiger partial charge on any atom is -0.496 e. The molecular formula is C8H10O2S. The van der Waals surface area contributed by atoms with Gasteiger partial charge in [0.05, 0.1) is 12.0 Å². The van der Waals surface area contributed by atoms with E-state index in [9.17, 15) is 4.79 Å². The van der Waals surface area contributed by atoms with Crippen LogP contribution < -0.4 is 4.74 Å². The second-order valence-corrected chi connectivity index (χ2v) is 3.04. The summed E-state index contributed by atoms with van der Waals surface area (Å²) in [5.41, 5.74) is 0. The largest absolute Gasteiger partial charge is 0.496 e. The molecule has 3 heteroatoms. The summed E-state index contributed by atoms with van der Waals surface area (Å²) in [7, 11) is 1.60. The fourth-order valence-electron chi connectivity index (χ4n) is 0.746. The summed E-state index contributed by atoms with van der Waals surface area (Å²) in [6, 6.07) is 1.77. The summed E-state index contributed by atoms with van der Waals surface area (Å²) in [6.45, 7) is 1.86. The van der Waals surface area contributed by atoms with Gasteiger partial charge in [-0.05, 0) is 0 Å². The number of ketones is 1. The van der Waals surface area contributed by atoms with E-state index in [1.54, 1.807) is 13.2 Å². The maximum absolute atomic E-state index is 11.1. The molecule has 60 valence electrons. The minimum absolute atomic E-state index is 0.179. The van der Waals surface area contributed by atoms with Gasteiger partial charge in [-0.1, -0.05) is 6.92 Å². The van der Waals surface area contributed by atoms with E-state index < -0.39 is 0 Å². The number of hydrogen-bond acceptors (Lipinski definition) is 3. The van der Waals surface area contributed by atoms with Gasteiger partial charge in [0, 0.05) is 17.9 Å². The molecule has 0 aliphatic rings. The molecule has 0 atom stereocenters. The second kappa shape index (κ2) is 3.53. The first-order valence-electron chi connectivity index (χ1n) is 3.43. The summed E-state index contributed by atoms with van der Waals surface area (Å²) >= 11 is 1.43. The van der Waals surface area contributed by atoms with Crippen molar-refractivity contribution in [3.63, 3.8) is 0 Å². The van der Waals surface area contributed by atoms with E-state index in [4.69, 9.17) is 4.74 Å². The van der Waals surface area contributed by atoms with Crippen LogP contribution in [0.1, 0.15) is 23.0 Å². The Labute approximate surface area is 69.8 Å². The molecule has 0 bridgehead atoms. The van der Waals surface area contributed by atoms with Gasteiger partial charge in [-0.15, -0.1) is 11.3 Å². The Balaban J connectivity index is 2.80. The SMILES string of the molecule is CCC(=O)c1cc(OC)cs1. The maximum atomic E-state index is 11.1. The fourth-order valence-corrected chi connectivity index (χ4v) is 1.61. The Hall–Kier alpha value is -0.830. The lowest BCUT2D eigenvalue weighted by molar-refractivity contribution is 0.0992. The minimum atomic E-state index is 0.179. The molecule has 0 fully saturated rings. The van der Waals surface area contributed by atoms with Gasteiger partial charge in [-0.2, -0.15) is 0 Å². The Morgan fingerprint density at radius 3 is 2.91 bits per heavy atom. The van der Waals surface area contributed by atoms with Gasteiger partial charge in [0.25, 0.3) is 0 Å². The van der Waals surface area contributed by atoms with Crippen LogP contribution >= 0.6 is 11.3 Å². The highest BCUT2D eigenvalue weighted by atomic mass is 32.1. The summed E-state index contributed by atoms with van der Waals surface area (Å²) in [6.07, 6.45) is 0.559. The van der Waals surface area contributed by atoms with E-state index in [0.717, 1.165) is 10.6 Å². The second-order valence-electron chi connectivity index (χ2n) is 2.13. The molecule has 0 saturated heterocycles. The zero-order chi connectivity index (χ0) is 8.27. The van der Waals surface area contributed by atoms with E-state index in [0.29, 0.717) is 6.42 Å². The van der Waals surface area contributed by atoms with Crippen LogP contribution in [0.3, 0.4) is 0 Å².